The summed E-state index contributed by atoms with van der Waals surface area (Å²) in [7, 11) is 1.21. The number of carbonyl (C=O) groups excluding carboxylic acids is 1. The van der Waals surface area contributed by atoms with Crippen molar-refractivity contribution < 1.29 is 19.0 Å². The van der Waals surface area contributed by atoms with Gasteiger partial charge in [0.05, 0.1) is 7.11 Å². The fraction of sp³-hybridized carbons (Fsp3) is 0.875. The van der Waals surface area contributed by atoms with Crippen LogP contribution >= 0.6 is 0 Å². The lowest BCUT2D eigenvalue weighted by molar-refractivity contribution is -0.165. The minimum Gasteiger partial charge on any atom is -0.467 e. The number of halogens is 1. The Morgan fingerprint density at radius 2 is 2.25 bits per heavy atom. The van der Waals surface area contributed by atoms with Gasteiger partial charge in [-0.3, -0.25) is 0 Å². The predicted molar refractivity (Wildman–Crippen MR) is 40.3 cm³/mol. The van der Waals surface area contributed by atoms with Crippen molar-refractivity contribution in [2.75, 3.05) is 7.11 Å². The molecule has 1 rings (SSSR count). The SMILES string of the molecule is COC(=O)C(O)C1(C)CC(F)C1. The van der Waals surface area contributed by atoms with E-state index in [1.54, 1.807) is 6.92 Å². The van der Waals surface area contributed by atoms with Crippen LogP contribution in [0.15, 0.2) is 0 Å². The summed E-state index contributed by atoms with van der Waals surface area (Å²) in [6.45, 7) is 1.69. The second-order valence-corrected chi connectivity index (χ2v) is 3.59. The summed E-state index contributed by atoms with van der Waals surface area (Å²) >= 11 is 0. The molecule has 0 saturated heterocycles. The molecule has 1 aliphatic rings. The van der Waals surface area contributed by atoms with E-state index in [2.05, 4.69) is 4.74 Å². The number of methoxy groups -OCH3 is 1. The van der Waals surface area contributed by atoms with E-state index in [0.29, 0.717) is 0 Å². The van der Waals surface area contributed by atoms with Crippen molar-refractivity contribution in [2.45, 2.75) is 32.0 Å². The topological polar surface area (TPSA) is 46.5 Å². The first-order valence-electron chi connectivity index (χ1n) is 3.89. The Kier molecular flexibility index (Phi) is 2.37. The van der Waals surface area contributed by atoms with Gasteiger partial charge in [-0.05, 0) is 12.8 Å². The van der Waals surface area contributed by atoms with Crippen LogP contribution in [-0.2, 0) is 9.53 Å². The third-order valence-electron chi connectivity index (χ3n) is 2.46. The van der Waals surface area contributed by atoms with Crippen LogP contribution in [0.5, 0.6) is 0 Å². The van der Waals surface area contributed by atoms with Crippen molar-refractivity contribution in [1.82, 2.24) is 0 Å². The highest BCUT2D eigenvalue weighted by Gasteiger charge is 2.49. The Morgan fingerprint density at radius 1 is 1.75 bits per heavy atom. The van der Waals surface area contributed by atoms with Gasteiger partial charge >= 0.3 is 5.97 Å². The molecule has 0 aromatic carbocycles. The second-order valence-electron chi connectivity index (χ2n) is 3.59. The molecule has 3 nitrogen and oxygen atoms in total. The Morgan fingerprint density at radius 3 is 2.58 bits per heavy atom. The van der Waals surface area contributed by atoms with Crippen molar-refractivity contribution in [3.63, 3.8) is 0 Å². The van der Waals surface area contributed by atoms with Crippen LogP contribution in [0.3, 0.4) is 0 Å². The first-order chi connectivity index (χ1) is 5.49. The van der Waals surface area contributed by atoms with Crippen LogP contribution in [-0.4, -0.2) is 30.5 Å². The highest BCUT2D eigenvalue weighted by molar-refractivity contribution is 5.75. The van der Waals surface area contributed by atoms with Crippen molar-refractivity contribution in [1.29, 1.82) is 0 Å². The van der Waals surface area contributed by atoms with E-state index in [1.165, 1.54) is 7.11 Å². The summed E-state index contributed by atoms with van der Waals surface area (Å²) in [5, 5.41) is 9.37. The van der Waals surface area contributed by atoms with E-state index < -0.39 is 23.7 Å². The standard InChI is InChI=1S/C8H13FO3/c1-8(3-5(9)4-8)6(10)7(11)12-2/h5-6,10H,3-4H2,1-2H3. The maximum absolute atomic E-state index is 12.5. The van der Waals surface area contributed by atoms with Crippen LogP contribution < -0.4 is 0 Å². The van der Waals surface area contributed by atoms with Crippen LogP contribution in [0.4, 0.5) is 4.39 Å². The number of rotatable bonds is 2. The number of aliphatic hydroxyl groups is 1. The molecule has 0 amide bonds. The molecule has 70 valence electrons. The maximum Gasteiger partial charge on any atom is 0.335 e. The van der Waals surface area contributed by atoms with E-state index >= 15 is 0 Å². The van der Waals surface area contributed by atoms with E-state index in [1.807, 2.05) is 0 Å². The van der Waals surface area contributed by atoms with Crippen molar-refractivity contribution >= 4 is 5.97 Å². The molecule has 0 aromatic rings. The number of carbonyl (C=O) groups is 1. The van der Waals surface area contributed by atoms with Gasteiger partial charge in [0.1, 0.15) is 6.17 Å². The molecule has 1 atom stereocenters. The molecule has 0 spiro atoms. The molecule has 0 radical (unpaired) electrons. The van der Waals surface area contributed by atoms with E-state index in [-0.39, 0.29) is 12.8 Å². The monoisotopic (exact) mass is 176 g/mol. The Hall–Kier alpha value is -0.640. The van der Waals surface area contributed by atoms with Crippen LogP contribution in [0.1, 0.15) is 19.8 Å². The smallest absolute Gasteiger partial charge is 0.335 e. The third kappa shape index (κ3) is 1.43. The minimum absolute atomic E-state index is 0.239. The molecular formula is C8H13FO3. The lowest BCUT2D eigenvalue weighted by Crippen LogP contribution is -2.49. The number of hydrogen-bond acceptors (Lipinski definition) is 3. The van der Waals surface area contributed by atoms with Gasteiger partial charge in [0.25, 0.3) is 0 Å². The summed E-state index contributed by atoms with van der Waals surface area (Å²) in [5.41, 5.74) is -0.619. The average Bonchev–Trinajstić information content (AvgIpc) is 1.99. The zero-order chi connectivity index (χ0) is 9.35. The van der Waals surface area contributed by atoms with Gasteiger partial charge in [0, 0.05) is 5.41 Å². The highest BCUT2D eigenvalue weighted by Crippen LogP contribution is 2.45. The van der Waals surface area contributed by atoms with Crippen molar-refractivity contribution in [3.8, 4) is 0 Å². The van der Waals surface area contributed by atoms with Crippen LogP contribution in [0, 0.1) is 5.41 Å². The molecule has 1 saturated carbocycles. The molecule has 1 fully saturated rings. The molecular weight excluding hydrogens is 163 g/mol. The van der Waals surface area contributed by atoms with Gasteiger partial charge < -0.3 is 9.84 Å². The summed E-state index contributed by atoms with van der Waals surface area (Å²) < 4.78 is 16.8. The fourth-order valence-corrected chi connectivity index (χ4v) is 1.57. The highest BCUT2D eigenvalue weighted by atomic mass is 19.1. The van der Waals surface area contributed by atoms with Crippen molar-refractivity contribution in [3.05, 3.63) is 0 Å². The van der Waals surface area contributed by atoms with Gasteiger partial charge in [0.15, 0.2) is 6.10 Å². The second kappa shape index (κ2) is 3.01. The summed E-state index contributed by atoms with van der Waals surface area (Å²) in [6, 6.07) is 0. The molecule has 12 heavy (non-hydrogen) atoms. The van der Waals surface area contributed by atoms with Gasteiger partial charge in [-0.15, -0.1) is 0 Å². The van der Waals surface area contributed by atoms with Gasteiger partial charge in [0.2, 0.25) is 0 Å². The molecule has 0 heterocycles. The molecule has 0 aliphatic heterocycles. The van der Waals surface area contributed by atoms with Gasteiger partial charge in [-0.25, -0.2) is 9.18 Å². The van der Waals surface area contributed by atoms with Crippen LogP contribution in [0.2, 0.25) is 0 Å². The Bertz CT molecular complexity index is 187. The molecule has 1 aliphatic carbocycles. The molecule has 0 bridgehead atoms. The quantitative estimate of drug-likeness (QED) is 0.628. The molecule has 0 aromatic heterocycles. The first-order valence-corrected chi connectivity index (χ1v) is 3.89. The Balaban J connectivity index is 2.53. The maximum atomic E-state index is 12.5. The largest absolute Gasteiger partial charge is 0.467 e. The molecule has 4 heteroatoms. The fourth-order valence-electron chi connectivity index (χ4n) is 1.57. The number of alkyl halides is 1. The predicted octanol–water partition coefficient (Wildman–Crippen LogP) is 0.658. The number of hydrogen-bond donors (Lipinski definition) is 1. The zero-order valence-corrected chi connectivity index (χ0v) is 7.21. The van der Waals surface area contributed by atoms with E-state index in [4.69, 9.17) is 0 Å². The summed E-state index contributed by atoms with van der Waals surface area (Å²) in [6.07, 6.45) is -1.59. The summed E-state index contributed by atoms with van der Waals surface area (Å²) in [4.78, 5) is 10.9. The number of esters is 1. The first kappa shape index (κ1) is 9.45. The summed E-state index contributed by atoms with van der Waals surface area (Å²) in [5.74, 6) is -0.676. The molecule has 1 unspecified atom stereocenters. The zero-order valence-electron chi connectivity index (χ0n) is 7.21. The Labute approximate surface area is 70.5 Å². The normalized spacial score (nSPS) is 36.8. The average molecular weight is 176 g/mol. The number of aliphatic hydroxyl groups excluding tert-OH is 1. The lowest BCUT2D eigenvalue weighted by Gasteiger charge is -2.43. The van der Waals surface area contributed by atoms with Crippen molar-refractivity contribution in [2.24, 2.45) is 5.41 Å². The van der Waals surface area contributed by atoms with Crippen LogP contribution in [0.25, 0.3) is 0 Å². The minimum atomic E-state index is -1.19. The lowest BCUT2D eigenvalue weighted by atomic mass is 9.65. The van der Waals surface area contributed by atoms with Gasteiger partial charge in [-0.1, -0.05) is 6.92 Å². The number of ether oxygens (including phenoxy) is 1. The molecule has 1 N–H and O–H groups in total. The van der Waals surface area contributed by atoms with E-state index in [0.717, 1.165) is 0 Å². The third-order valence-corrected chi connectivity index (χ3v) is 2.46. The van der Waals surface area contributed by atoms with E-state index in [9.17, 15) is 14.3 Å². The van der Waals surface area contributed by atoms with Gasteiger partial charge in [-0.2, -0.15) is 0 Å².